The Morgan fingerprint density at radius 1 is 1.48 bits per heavy atom. The van der Waals surface area contributed by atoms with Gasteiger partial charge in [-0.25, -0.2) is 4.79 Å². The molecule has 0 fully saturated rings. The molecule has 9 heteroatoms. The summed E-state index contributed by atoms with van der Waals surface area (Å²) in [5, 5.41) is 22.1. The lowest BCUT2D eigenvalue weighted by molar-refractivity contribution is -0.393. The van der Waals surface area contributed by atoms with Crippen molar-refractivity contribution in [3.8, 4) is 0 Å². The molecule has 106 valence electrons. The SMILES string of the molecule is O=C(O)c1cccc(Sc2nc3sccn3c2[N+](=O)[O-])c1. The first kappa shape index (κ1) is 13.6. The predicted molar refractivity (Wildman–Crippen MR) is 77.2 cm³/mol. The lowest BCUT2D eigenvalue weighted by Gasteiger charge is -2.00. The van der Waals surface area contributed by atoms with Crippen LogP contribution in [0.5, 0.6) is 0 Å². The fourth-order valence-electron chi connectivity index (χ4n) is 1.79. The van der Waals surface area contributed by atoms with Gasteiger partial charge < -0.3 is 15.2 Å². The Kier molecular flexibility index (Phi) is 3.35. The third-order valence-corrected chi connectivity index (χ3v) is 4.39. The molecule has 0 amide bonds. The average Bonchev–Trinajstić information content (AvgIpc) is 2.98. The molecule has 0 unspecified atom stereocenters. The van der Waals surface area contributed by atoms with E-state index in [0.29, 0.717) is 9.86 Å². The van der Waals surface area contributed by atoms with Crippen molar-refractivity contribution in [3.63, 3.8) is 0 Å². The second-order valence-electron chi connectivity index (χ2n) is 3.99. The molecule has 0 atom stereocenters. The van der Waals surface area contributed by atoms with Crippen molar-refractivity contribution in [1.82, 2.24) is 9.38 Å². The van der Waals surface area contributed by atoms with Crippen LogP contribution in [-0.2, 0) is 0 Å². The maximum atomic E-state index is 11.2. The van der Waals surface area contributed by atoms with Gasteiger partial charge in [0, 0.05) is 10.3 Å². The topological polar surface area (TPSA) is 97.7 Å². The van der Waals surface area contributed by atoms with E-state index in [2.05, 4.69) is 4.98 Å². The van der Waals surface area contributed by atoms with Crippen LogP contribution in [0.25, 0.3) is 4.96 Å². The van der Waals surface area contributed by atoms with Crippen molar-refractivity contribution in [3.05, 3.63) is 51.5 Å². The van der Waals surface area contributed by atoms with E-state index < -0.39 is 10.9 Å². The van der Waals surface area contributed by atoms with Gasteiger partial charge >= 0.3 is 11.8 Å². The summed E-state index contributed by atoms with van der Waals surface area (Å²) in [5.41, 5.74) is 0.128. The van der Waals surface area contributed by atoms with Crippen molar-refractivity contribution >= 4 is 39.8 Å². The normalized spacial score (nSPS) is 10.9. The van der Waals surface area contributed by atoms with E-state index >= 15 is 0 Å². The van der Waals surface area contributed by atoms with Crippen LogP contribution in [0.4, 0.5) is 5.82 Å². The second-order valence-corrected chi connectivity index (χ2v) is 5.92. The summed E-state index contributed by atoms with van der Waals surface area (Å²) in [6.45, 7) is 0. The second kappa shape index (κ2) is 5.19. The Hall–Kier alpha value is -2.39. The molecule has 3 rings (SSSR count). The zero-order chi connectivity index (χ0) is 15.0. The van der Waals surface area contributed by atoms with E-state index in [1.807, 2.05) is 0 Å². The van der Waals surface area contributed by atoms with E-state index in [1.54, 1.807) is 23.7 Å². The number of hydrogen-bond acceptors (Lipinski definition) is 6. The Balaban J connectivity index is 2.03. The summed E-state index contributed by atoms with van der Waals surface area (Å²) >= 11 is 2.37. The van der Waals surface area contributed by atoms with Crippen LogP contribution in [0.15, 0.2) is 45.8 Å². The number of rotatable bonds is 4. The number of benzene rings is 1. The first-order valence-corrected chi connectivity index (χ1v) is 7.37. The van der Waals surface area contributed by atoms with E-state index in [4.69, 9.17) is 5.11 Å². The predicted octanol–water partition coefficient (Wildman–Crippen LogP) is 3.15. The molecule has 0 aliphatic carbocycles. The Bertz CT molecular complexity index is 855. The lowest BCUT2D eigenvalue weighted by atomic mass is 10.2. The average molecular weight is 321 g/mol. The quantitative estimate of drug-likeness (QED) is 0.585. The van der Waals surface area contributed by atoms with Crippen LogP contribution in [0.1, 0.15) is 10.4 Å². The third kappa shape index (κ3) is 2.48. The molecule has 2 aromatic heterocycles. The minimum Gasteiger partial charge on any atom is -0.478 e. The number of thiazole rings is 1. The molecule has 7 nitrogen and oxygen atoms in total. The van der Waals surface area contributed by atoms with E-state index in [9.17, 15) is 14.9 Å². The van der Waals surface area contributed by atoms with Gasteiger partial charge in [0.2, 0.25) is 5.03 Å². The van der Waals surface area contributed by atoms with Crippen molar-refractivity contribution in [1.29, 1.82) is 0 Å². The zero-order valence-electron chi connectivity index (χ0n) is 10.3. The highest BCUT2D eigenvalue weighted by atomic mass is 32.2. The molecule has 0 aliphatic heterocycles. The number of carboxylic acid groups (broad SMARTS) is 1. The number of hydrogen-bond donors (Lipinski definition) is 1. The molecule has 1 aromatic carbocycles. The van der Waals surface area contributed by atoms with Gasteiger partial charge in [-0.05, 0) is 23.1 Å². The van der Waals surface area contributed by atoms with E-state index in [0.717, 1.165) is 11.8 Å². The summed E-state index contributed by atoms with van der Waals surface area (Å²) in [6, 6.07) is 6.21. The molecule has 3 aromatic rings. The smallest absolute Gasteiger partial charge is 0.363 e. The van der Waals surface area contributed by atoms with Gasteiger partial charge in [0.15, 0.2) is 0 Å². The fourth-order valence-corrected chi connectivity index (χ4v) is 3.51. The summed E-state index contributed by atoms with van der Waals surface area (Å²) in [4.78, 5) is 27.0. The highest BCUT2D eigenvalue weighted by Crippen LogP contribution is 2.36. The monoisotopic (exact) mass is 321 g/mol. The lowest BCUT2D eigenvalue weighted by Crippen LogP contribution is -1.96. The summed E-state index contributed by atoms with van der Waals surface area (Å²) in [5.74, 6) is -1.16. The van der Waals surface area contributed by atoms with Gasteiger partial charge in [0.1, 0.15) is 6.20 Å². The standard InChI is InChI=1S/C12H7N3O4S2/c16-11(17)7-2-1-3-8(6-7)21-9-10(15(18)19)14-4-5-20-12(14)13-9/h1-6H,(H,16,17). The van der Waals surface area contributed by atoms with Crippen LogP contribution >= 0.6 is 23.1 Å². The Morgan fingerprint density at radius 3 is 3.00 bits per heavy atom. The number of nitrogens with zero attached hydrogens (tertiary/aromatic N) is 3. The van der Waals surface area contributed by atoms with Crippen LogP contribution in [0.2, 0.25) is 0 Å². The molecule has 21 heavy (non-hydrogen) atoms. The van der Waals surface area contributed by atoms with Gasteiger partial charge in [0.05, 0.1) is 5.56 Å². The van der Waals surface area contributed by atoms with Crippen LogP contribution in [0, 0.1) is 10.1 Å². The van der Waals surface area contributed by atoms with Gasteiger partial charge in [0.25, 0.3) is 4.96 Å². The van der Waals surface area contributed by atoms with E-state index in [1.165, 1.54) is 27.9 Å². The summed E-state index contributed by atoms with van der Waals surface area (Å²) in [6.07, 6.45) is 1.59. The number of nitro groups is 1. The van der Waals surface area contributed by atoms with Gasteiger partial charge in [-0.1, -0.05) is 29.2 Å². The number of aromatic nitrogens is 2. The van der Waals surface area contributed by atoms with Crippen LogP contribution in [0.3, 0.4) is 0 Å². The Labute approximate surface area is 126 Å². The number of imidazole rings is 1. The molecule has 0 bridgehead atoms. The number of carbonyl (C=O) groups is 1. The highest BCUT2D eigenvalue weighted by Gasteiger charge is 2.24. The first-order valence-electron chi connectivity index (χ1n) is 5.67. The van der Waals surface area contributed by atoms with E-state index in [-0.39, 0.29) is 16.4 Å². The number of fused-ring (bicyclic) bond motifs is 1. The highest BCUT2D eigenvalue weighted by molar-refractivity contribution is 7.99. The summed E-state index contributed by atoms with van der Waals surface area (Å²) in [7, 11) is 0. The van der Waals surface area contributed by atoms with Crippen molar-refractivity contribution in [2.24, 2.45) is 0 Å². The van der Waals surface area contributed by atoms with Crippen molar-refractivity contribution in [2.45, 2.75) is 9.92 Å². The third-order valence-electron chi connectivity index (χ3n) is 2.67. The largest absolute Gasteiger partial charge is 0.478 e. The van der Waals surface area contributed by atoms with Crippen molar-refractivity contribution < 1.29 is 14.8 Å². The summed E-state index contributed by atoms with van der Waals surface area (Å²) < 4.78 is 1.41. The van der Waals surface area contributed by atoms with Crippen molar-refractivity contribution in [2.75, 3.05) is 0 Å². The van der Waals surface area contributed by atoms with Gasteiger partial charge in [-0.15, -0.1) is 0 Å². The number of carboxylic acids is 1. The Morgan fingerprint density at radius 2 is 2.29 bits per heavy atom. The zero-order valence-corrected chi connectivity index (χ0v) is 11.9. The maximum Gasteiger partial charge on any atom is 0.363 e. The molecule has 2 heterocycles. The molecule has 0 spiro atoms. The molecular weight excluding hydrogens is 314 g/mol. The molecular formula is C12H7N3O4S2. The van der Waals surface area contributed by atoms with Crippen LogP contribution in [-0.4, -0.2) is 25.4 Å². The van der Waals surface area contributed by atoms with Crippen LogP contribution < -0.4 is 0 Å². The number of aromatic carboxylic acids is 1. The fraction of sp³-hybridized carbons (Fsp3) is 0. The maximum absolute atomic E-state index is 11.2. The van der Waals surface area contributed by atoms with Gasteiger partial charge in [-0.2, -0.15) is 9.38 Å². The molecule has 0 saturated carbocycles. The molecule has 0 radical (unpaired) electrons. The first-order chi connectivity index (χ1) is 10.1. The molecule has 0 aliphatic rings. The van der Waals surface area contributed by atoms with Gasteiger partial charge in [-0.3, -0.25) is 0 Å². The minimum absolute atomic E-state index is 0.114. The molecule has 1 N–H and O–H groups in total. The molecule has 0 saturated heterocycles. The minimum atomic E-state index is -1.04.